The maximum Gasteiger partial charge on any atom is 0.0620 e. The molecule has 0 heterocycles. The van der Waals surface area contributed by atoms with Gasteiger partial charge >= 0.3 is 0 Å². The maximum atomic E-state index is 10.3. The Morgan fingerprint density at radius 3 is 2.32 bits per heavy atom. The molecule has 2 heteroatoms. The number of aliphatic hydroxyl groups is 1. The van der Waals surface area contributed by atoms with Gasteiger partial charge in [-0.1, -0.05) is 49.5 Å². The van der Waals surface area contributed by atoms with Crippen LogP contribution in [0.4, 0.5) is 0 Å². The fraction of sp³-hybridized carbons (Fsp3) is 1.00. The molecule has 0 aromatic heterocycles. The van der Waals surface area contributed by atoms with E-state index in [0.29, 0.717) is 5.41 Å². The van der Waals surface area contributed by atoms with E-state index < -0.39 is 0 Å². The first-order chi connectivity index (χ1) is 10.3. The molecule has 1 unspecified atom stereocenters. The van der Waals surface area contributed by atoms with Crippen molar-refractivity contribution in [1.82, 2.24) is 0 Å². The minimum Gasteiger partial charge on any atom is -0.390 e. The van der Waals surface area contributed by atoms with E-state index in [1.54, 1.807) is 0 Å². The molecule has 0 saturated heterocycles. The molecule has 128 valence electrons. The smallest absolute Gasteiger partial charge is 0.0620 e. The van der Waals surface area contributed by atoms with Gasteiger partial charge in [-0.3, -0.25) is 0 Å². The predicted octanol–water partition coefficient (Wildman–Crippen LogP) is 5.79. The van der Waals surface area contributed by atoms with Crippen LogP contribution < -0.4 is 0 Å². The Morgan fingerprint density at radius 1 is 1.09 bits per heavy atom. The zero-order valence-corrected chi connectivity index (χ0v) is 16.5. The fourth-order valence-corrected chi connectivity index (χ4v) is 7.46. The second kappa shape index (κ2) is 6.06. The molecular weight excluding hydrogens is 336 g/mol. The quantitative estimate of drug-likeness (QED) is 0.623. The standard InChI is InChI=1S/C20H35BrO/c1-5-6-16-15(14-7-10-19(3,22)11-8-14)9-12-20(4)17(16)13(2)18(20)21/h13-18,22H,5-12H2,1-4H3/t13-,14-,15-,16-,17+,18?,19+,20+/m1/s1. The Morgan fingerprint density at radius 2 is 1.73 bits per heavy atom. The van der Waals surface area contributed by atoms with Crippen molar-refractivity contribution < 1.29 is 5.11 Å². The first-order valence-corrected chi connectivity index (χ1v) is 10.6. The lowest BCUT2D eigenvalue weighted by molar-refractivity contribution is -0.126. The highest BCUT2D eigenvalue weighted by molar-refractivity contribution is 9.09. The van der Waals surface area contributed by atoms with Crippen LogP contribution in [0.1, 0.15) is 79.1 Å². The van der Waals surface area contributed by atoms with Gasteiger partial charge in [0.25, 0.3) is 0 Å². The van der Waals surface area contributed by atoms with Crippen LogP contribution in [0.2, 0.25) is 0 Å². The predicted molar refractivity (Wildman–Crippen MR) is 97.2 cm³/mol. The summed E-state index contributed by atoms with van der Waals surface area (Å²) in [6.07, 6.45) is 10.1. The normalized spacial score (nSPS) is 55.4. The number of fused-ring (bicyclic) bond motifs is 1. The van der Waals surface area contributed by atoms with Crippen molar-refractivity contribution in [2.24, 2.45) is 35.0 Å². The van der Waals surface area contributed by atoms with Gasteiger partial charge < -0.3 is 5.11 Å². The van der Waals surface area contributed by atoms with Crippen LogP contribution >= 0.6 is 15.9 Å². The summed E-state index contributed by atoms with van der Waals surface area (Å²) in [6, 6.07) is 0. The summed E-state index contributed by atoms with van der Waals surface area (Å²) in [5, 5.41) is 10.3. The Kier molecular flexibility index (Phi) is 4.76. The molecule has 0 bridgehead atoms. The molecule has 1 nitrogen and oxygen atoms in total. The second-order valence-corrected chi connectivity index (χ2v) is 10.3. The SMILES string of the molecule is CCC[C@H]1[C@@H]2[C@@H](C)C(Br)[C@@]2(C)CC[C@@H]1[C@H]1CC[C@@](C)(O)CC1. The largest absolute Gasteiger partial charge is 0.390 e. The van der Waals surface area contributed by atoms with Crippen molar-refractivity contribution in [1.29, 1.82) is 0 Å². The van der Waals surface area contributed by atoms with E-state index in [2.05, 4.69) is 36.7 Å². The van der Waals surface area contributed by atoms with E-state index in [9.17, 15) is 5.11 Å². The summed E-state index contributed by atoms with van der Waals surface area (Å²) in [5.41, 5.74) is 0.167. The third-order valence-electron chi connectivity index (χ3n) is 7.78. The Hall–Kier alpha value is 0.440. The molecule has 3 aliphatic rings. The molecule has 0 radical (unpaired) electrons. The van der Waals surface area contributed by atoms with E-state index in [-0.39, 0.29) is 5.60 Å². The average Bonchev–Trinajstić information content (AvgIpc) is 2.48. The topological polar surface area (TPSA) is 20.2 Å². The first-order valence-electron chi connectivity index (χ1n) is 9.66. The van der Waals surface area contributed by atoms with Crippen LogP contribution in [0.3, 0.4) is 0 Å². The number of rotatable bonds is 3. The molecule has 1 N–H and O–H groups in total. The van der Waals surface area contributed by atoms with Crippen molar-refractivity contribution >= 4 is 15.9 Å². The van der Waals surface area contributed by atoms with Crippen molar-refractivity contribution in [3.8, 4) is 0 Å². The van der Waals surface area contributed by atoms with Gasteiger partial charge in [0, 0.05) is 4.83 Å². The minimum absolute atomic E-state index is 0.384. The summed E-state index contributed by atoms with van der Waals surface area (Å²) < 4.78 is 0. The summed E-state index contributed by atoms with van der Waals surface area (Å²) >= 11 is 4.00. The summed E-state index contributed by atoms with van der Waals surface area (Å²) in [4.78, 5) is 0.734. The van der Waals surface area contributed by atoms with E-state index in [0.717, 1.165) is 47.3 Å². The van der Waals surface area contributed by atoms with E-state index in [4.69, 9.17) is 0 Å². The van der Waals surface area contributed by atoms with Gasteiger partial charge in [-0.15, -0.1) is 0 Å². The van der Waals surface area contributed by atoms with Crippen molar-refractivity contribution in [2.75, 3.05) is 0 Å². The lowest BCUT2D eigenvalue weighted by atomic mass is 9.42. The molecule has 3 saturated carbocycles. The van der Waals surface area contributed by atoms with Gasteiger partial charge in [-0.2, -0.15) is 0 Å². The van der Waals surface area contributed by atoms with E-state index in [1.165, 1.54) is 38.5 Å². The molecule has 6 atom stereocenters. The molecule has 3 rings (SSSR count). The highest BCUT2D eigenvalue weighted by atomic mass is 79.9. The Balaban J connectivity index is 1.75. The Bertz CT molecular complexity index is 397. The van der Waals surface area contributed by atoms with E-state index >= 15 is 0 Å². The van der Waals surface area contributed by atoms with Gasteiger partial charge in [0.15, 0.2) is 0 Å². The average molecular weight is 371 g/mol. The van der Waals surface area contributed by atoms with Gasteiger partial charge in [0.1, 0.15) is 0 Å². The maximum absolute atomic E-state index is 10.3. The highest BCUT2D eigenvalue weighted by Gasteiger charge is 2.61. The van der Waals surface area contributed by atoms with Crippen LogP contribution in [-0.2, 0) is 0 Å². The van der Waals surface area contributed by atoms with Gasteiger partial charge in [-0.05, 0) is 80.5 Å². The zero-order valence-electron chi connectivity index (χ0n) is 14.9. The van der Waals surface area contributed by atoms with Gasteiger partial charge in [0.05, 0.1) is 5.60 Å². The van der Waals surface area contributed by atoms with Crippen molar-refractivity contribution in [3.63, 3.8) is 0 Å². The number of alkyl halides is 1. The molecule has 0 aromatic carbocycles. The number of hydrogen-bond donors (Lipinski definition) is 1. The molecule has 0 spiro atoms. The second-order valence-electron chi connectivity index (χ2n) is 9.28. The zero-order chi connectivity index (χ0) is 16.1. The molecule has 0 aromatic rings. The monoisotopic (exact) mass is 370 g/mol. The van der Waals surface area contributed by atoms with Crippen LogP contribution in [0.25, 0.3) is 0 Å². The van der Waals surface area contributed by atoms with Crippen LogP contribution in [0.15, 0.2) is 0 Å². The van der Waals surface area contributed by atoms with Crippen molar-refractivity contribution in [2.45, 2.75) is 89.5 Å². The van der Waals surface area contributed by atoms with Crippen molar-refractivity contribution in [3.05, 3.63) is 0 Å². The molecule has 0 amide bonds. The third-order valence-corrected chi connectivity index (χ3v) is 9.66. The number of halogens is 1. The Labute approximate surface area is 145 Å². The van der Waals surface area contributed by atoms with Gasteiger partial charge in [-0.25, -0.2) is 0 Å². The lowest BCUT2D eigenvalue weighted by Gasteiger charge is -2.65. The van der Waals surface area contributed by atoms with Crippen LogP contribution in [0, 0.1) is 35.0 Å². The van der Waals surface area contributed by atoms with E-state index in [1.807, 2.05) is 6.92 Å². The summed E-state index contributed by atoms with van der Waals surface area (Å²) in [5.74, 6) is 4.51. The summed E-state index contributed by atoms with van der Waals surface area (Å²) in [7, 11) is 0. The first kappa shape index (κ1) is 17.3. The molecule has 0 aliphatic heterocycles. The number of hydrogen-bond acceptors (Lipinski definition) is 1. The minimum atomic E-state index is -0.384. The molecule has 22 heavy (non-hydrogen) atoms. The summed E-state index contributed by atoms with van der Waals surface area (Å²) in [6.45, 7) is 9.42. The highest BCUT2D eigenvalue weighted by Crippen LogP contribution is 2.66. The molecule has 3 aliphatic carbocycles. The molecular formula is C20H35BrO. The lowest BCUT2D eigenvalue weighted by Crippen LogP contribution is -2.62. The fourth-order valence-electron chi connectivity index (χ4n) is 6.59. The van der Waals surface area contributed by atoms with Crippen LogP contribution in [-0.4, -0.2) is 15.5 Å². The molecule has 3 fully saturated rings. The third kappa shape index (κ3) is 2.70. The van der Waals surface area contributed by atoms with Crippen LogP contribution in [0.5, 0.6) is 0 Å². The van der Waals surface area contributed by atoms with Gasteiger partial charge in [0.2, 0.25) is 0 Å².